The van der Waals surface area contributed by atoms with Gasteiger partial charge in [0.05, 0.1) is 0 Å². The molecule has 1 aromatic carbocycles. The van der Waals surface area contributed by atoms with E-state index in [0.29, 0.717) is 0 Å². The summed E-state index contributed by atoms with van der Waals surface area (Å²) < 4.78 is 4.55. The molecule has 2 unspecified atom stereocenters. The molecule has 0 amide bonds. The molecule has 0 bridgehead atoms. The van der Waals surface area contributed by atoms with E-state index in [2.05, 4.69) is 55.0 Å². The molecule has 33 heavy (non-hydrogen) atoms. The molecule has 3 nitrogen and oxygen atoms in total. The first-order chi connectivity index (χ1) is 16.0. The van der Waals surface area contributed by atoms with E-state index >= 15 is 0 Å². The lowest BCUT2D eigenvalue weighted by Crippen LogP contribution is -2.13. The van der Waals surface area contributed by atoms with Gasteiger partial charge in [0.1, 0.15) is 6.10 Å². The average molecular weight is 457 g/mol. The standard InChI is InChI=1S/C21H30.C9H18O3/c1-2-6-17-9-11-19(12-10-17)21-15-13-20(14-16-21)18-7-4-3-5-8-18;1-3-4-5-6-7-8(2)12-9(10)11/h3-4,13-19H,2,5-12H2,1H3;8H,3-7H2,1-2H3,(H,10,11). The summed E-state index contributed by atoms with van der Waals surface area (Å²) in [7, 11) is 0. The van der Waals surface area contributed by atoms with Crippen LogP contribution < -0.4 is 0 Å². The molecule has 0 aromatic heterocycles. The van der Waals surface area contributed by atoms with Crippen molar-refractivity contribution in [3.63, 3.8) is 0 Å². The molecule has 2 aliphatic rings. The van der Waals surface area contributed by atoms with Crippen LogP contribution in [-0.2, 0) is 4.74 Å². The first-order valence-electron chi connectivity index (χ1n) is 13.7. The van der Waals surface area contributed by atoms with Crippen molar-refractivity contribution in [2.75, 3.05) is 0 Å². The number of unbranched alkanes of at least 4 members (excludes halogenated alkanes) is 3. The van der Waals surface area contributed by atoms with Crippen LogP contribution in [-0.4, -0.2) is 17.4 Å². The van der Waals surface area contributed by atoms with Gasteiger partial charge in [-0.1, -0.05) is 82.4 Å². The van der Waals surface area contributed by atoms with E-state index in [0.717, 1.165) is 30.6 Å². The van der Waals surface area contributed by atoms with Gasteiger partial charge < -0.3 is 9.84 Å². The monoisotopic (exact) mass is 456 g/mol. The Kier molecular flexibility index (Phi) is 13.3. The highest BCUT2D eigenvalue weighted by molar-refractivity contribution is 5.56. The second-order valence-corrected chi connectivity index (χ2v) is 10.2. The molecular weight excluding hydrogens is 408 g/mol. The van der Waals surface area contributed by atoms with Crippen molar-refractivity contribution in [2.24, 2.45) is 5.92 Å². The fourth-order valence-electron chi connectivity index (χ4n) is 5.42. The molecule has 0 radical (unpaired) electrons. The Labute approximate surface area is 203 Å². The number of allylic oxidation sites excluding steroid dienone is 2. The van der Waals surface area contributed by atoms with E-state index in [1.165, 1.54) is 77.0 Å². The highest BCUT2D eigenvalue weighted by atomic mass is 16.7. The highest BCUT2D eigenvalue weighted by Gasteiger charge is 2.22. The van der Waals surface area contributed by atoms with Crippen molar-refractivity contribution >= 4 is 6.16 Å². The van der Waals surface area contributed by atoms with Crippen molar-refractivity contribution in [1.29, 1.82) is 0 Å². The SMILES string of the molecule is CCCC1CCC(c2ccc(C3CC=CCC3)cc2)CC1.CCCCCCC(C)OC(=O)O. The van der Waals surface area contributed by atoms with Gasteiger partial charge in [-0.05, 0) is 93.6 Å². The summed E-state index contributed by atoms with van der Waals surface area (Å²) in [6.45, 7) is 6.27. The van der Waals surface area contributed by atoms with Gasteiger partial charge in [0, 0.05) is 0 Å². The van der Waals surface area contributed by atoms with Gasteiger partial charge in [0.2, 0.25) is 0 Å². The Balaban J connectivity index is 0.000000277. The van der Waals surface area contributed by atoms with Crippen LogP contribution in [0.25, 0.3) is 0 Å². The van der Waals surface area contributed by atoms with Crippen LogP contribution in [0, 0.1) is 5.92 Å². The third-order valence-corrected chi connectivity index (χ3v) is 7.46. The Morgan fingerprint density at radius 1 is 0.909 bits per heavy atom. The maximum Gasteiger partial charge on any atom is 0.506 e. The van der Waals surface area contributed by atoms with Crippen LogP contribution in [0.1, 0.15) is 134 Å². The van der Waals surface area contributed by atoms with Crippen molar-refractivity contribution in [2.45, 2.75) is 129 Å². The van der Waals surface area contributed by atoms with E-state index in [9.17, 15) is 4.79 Å². The van der Waals surface area contributed by atoms with Gasteiger partial charge in [-0.25, -0.2) is 4.79 Å². The summed E-state index contributed by atoms with van der Waals surface area (Å²) in [6.07, 6.45) is 21.2. The minimum atomic E-state index is -1.17. The minimum absolute atomic E-state index is 0.153. The molecule has 1 fully saturated rings. The first-order valence-corrected chi connectivity index (χ1v) is 13.7. The van der Waals surface area contributed by atoms with E-state index in [1.807, 2.05) is 0 Å². The lowest BCUT2D eigenvalue weighted by atomic mass is 9.77. The van der Waals surface area contributed by atoms with Crippen LogP contribution in [0.5, 0.6) is 0 Å². The van der Waals surface area contributed by atoms with Crippen LogP contribution in [0.3, 0.4) is 0 Å². The summed E-state index contributed by atoms with van der Waals surface area (Å²) in [5.74, 6) is 2.61. The van der Waals surface area contributed by atoms with Crippen molar-refractivity contribution in [1.82, 2.24) is 0 Å². The van der Waals surface area contributed by atoms with Gasteiger partial charge in [-0.2, -0.15) is 0 Å². The summed E-state index contributed by atoms with van der Waals surface area (Å²) in [6, 6.07) is 9.69. The molecule has 0 aliphatic heterocycles. The molecule has 0 heterocycles. The highest BCUT2D eigenvalue weighted by Crippen LogP contribution is 2.38. The molecule has 1 N–H and O–H groups in total. The molecule has 3 heteroatoms. The molecule has 0 saturated heterocycles. The fourth-order valence-corrected chi connectivity index (χ4v) is 5.42. The van der Waals surface area contributed by atoms with Gasteiger partial charge in [-0.15, -0.1) is 0 Å². The van der Waals surface area contributed by atoms with Gasteiger partial charge in [0.15, 0.2) is 0 Å². The second-order valence-electron chi connectivity index (χ2n) is 10.2. The van der Waals surface area contributed by atoms with Crippen molar-refractivity contribution < 1.29 is 14.6 Å². The molecule has 1 saturated carbocycles. The number of carboxylic acid groups (broad SMARTS) is 1. The van der Waals surface area contributed by atoms with Gasteiger partial charge in [0.25, 0.3) is 0 Å². The van der Waals surface area contributed by atoms with E-state index in [4.69, 9.17) is 5.11 Å². The number of rotatable bonds is 10. The maximum atomic E-state index is 10.1. The molecule has 186 valence electrons. The Morgan fingerprint density at radius 3 is 2.12 bits per heavy atom. The number of hydrogen-bond donors (Lipinski definition) is 1. The number of hydrogen-bond acceptors (Lipinski definition) is 2. The maximum absolute atomic E-state index is 10.1. The number of carbonyl (C=O) groups is 1. The third kappa shape index (κ3) is 10.8. The van der Waals surface area contributed by atoms with Crippen LogP contribution >= 0.6 is 0 Å². The Hall–Kier alpha value is -1.77. The summed E-state index contributed by atoms with van der Waals surface area (Å²) >= 11 is 0. The lowest BCUT2D eigenvalue weighted by Gasteiger charge is -2.29. The van der Waals surface area contributed by atoms with Crippen LogP contribution in [0.4, 0.5) is 4.79 Å². The molecule has 3 rings (SSSR count). The third-order valence-electron chi connectivity index (χ3n) is 7.46. The summed E-state index contributed by atoms with van der Waals surface area (Å²) in [5.41, 5.74) is 3.16. The number of ether oxygens (including phenoxy) is 1. The molecular formula is C30H48O3. The molecule has 2 aliphatic carbocycles. The van der Waals surface area contributed by atoms with E-state index in [1.54, 1.807) is 18.1 Å². The summed E-state index contributed by atoms with van der Waals surface area (Å²) in [5, 5.41) is 8.26. The lowest BCUT2D eigenvalue weighted by molar-refractivity contribution is 0.0548. The van der Waals surface area contributed by atoms with Crippen LogP contribution in [0.2, 0.25) is 0 Å². The van der Waals surface area contributed by atoms with Gasteiger partial charge in [-0.3, -0.25) is 0 Å². The van der Waals surface area contributed by atoms with Crippen molar-refractivity contribution in [3.8, 4) is 0 Å². The molecule has 1 aromatic rings. The predicted octanol–water partition coefficient (Wildman–Crippen LogP) is 9.62. The zero-order valence-electron chi connectivity index (χ0n) is 21.4. The topological polar surface area (TPSA) is 46.5 Å². The Morgan fingerprint density at radius 2 is 1.58 bits per heavy atom. The van der Waals surface area contributed by atoms with Crippen LogP contribution in [0.15, 0.2) is 36.4 Å². The second kappa shape index (κ2) is 16.0. The van der Waals surface area contributed by atoms with Crippen molar-refractivity contribution in [3.05, 3.63) is 47.5 Å². The number of benzene rings is 1. The average Bonchev–Trinajstić information content (AvgIpc) is 2.83. The molecule has 2 atom stereocenters. The predicted molar refractivity (Wildman–Crippen MR) is 139 cm³/mol. The Bertz CT molecular complexity index is 670. The van der Waals surface area contributed by atoms with E-state index in [-0.39, 0.29) is 6.10 Å². The summed E-state index contributed by atoms with van der Waals surface area (Å²) in [4.78, 5) is 10.1. The van der Waals surface area contributed by atoms with Gasteiger partial charge >= 0.3 is 6.16 Å². The largest absolute Gasteiger partial charge is 0.506 e. The smallest absolute Gasteiger partial charge is 0.450 e. The normalized spacial score (nSPS) is 23.3. The fraction of sp³-hybridized carbons (Fsp3) is 0.700. The zero-order chi connectivity index (χ0) is 23.9. The minimum Gasteiger partial charge on any atom is -0.450 e. The van der Waals surface area contributed by atoms with E-state index < -0.39 is 6.16 Å². The first kappa shape index (κ1) is 27.5. The molecule has 0 spiro atoms. The zero-order valence-corrected chi connectivity index (χ0v) is 21.4. The quantitative estimate of drug-likeness (QED) is 0.216.